The summed E-state index contributed by atoms with van der Waals surface area (Å²) in [6, 6.07) is 5.30. The van der Waals surface area contributed by atoms with Crippen LogP contribution in [0.25, 0.3) is 0 Å². The molecule has 1 saturated heterocycles. The number of alkyl halides is 1. The van der Waals surface area contributed by atoms with Crippen LogP contribution >= 0.6 is 12.4 Å². The zero-order valence-corrected chi connectivity index (χ0v) is 12.5. The average molecular weight is 305 g/mol. The summed E-state index contributed by atoms with van der Waals surface area (Å²) in [4.78, 5) is 2.21. The first kappa shape index (κ1) is 17.0. The van der Waals surface area contributed by atoms with Gasteiger partial charge in [0, 0.05) is 37.8 Å². The van der Waals surface area contributed by atoms with E-state index < -0.39 is 6.67 Å². The van der Waals surface area contributed by atoms with Crippen LogP contribution < -0.4 is 10.1 Å². The zero-order chi connectivity index (χ0) is 13.7. The molecule has 1 aliphatic heterocycles. The fourth-order valence-corrected chi connectivity index (χ4v) is 2.60. The van der Waals surface area contributed by atoms with Crippen LogP contribution in [0.15, 0.2) is 18.2 Å². The number of aromatic hydroxyl groups is 1. The van der Waals surface area contributed by atoms with Crippen molar-refractivity contribution in [3.63, 3.8) is 0 Å². The van der Waals surface area contributed by atoms with Gasteiger partial charge in [0.25, 0.3) is 0 Å². The monoisotopic (exact) mass is 304 g/mol. The number of phenolic OH excluding ortho intramolecular Hbond substituents is 1. The van der Waals surface area contributed by atoms with E-state index >= 15 is 0 Å². The summed E-state index contributed by atoms with van der Waals surface area (Å²) >= 11 is 0. The molecule has 0 aromatic heterocycles. The summed E-state index contributed by atoms with van der Waals surface area (Å²) in [6.45, 7) is 3.12. The van der Waals surface area contributed by atoms with Crippen molar-refractivity contribution in [1.29, 1.82) is 0 Å². The van der Waals surface area contributed by atoms with Crippen LogP contribution in [0.5, 0.6) is 11.5 Å². The van der Waals surface area contributed by atoms with Gasteiger partial charge >= 0.3 is 0 Å². The number of hydrogen-bond acceptors (Lipinski definition) is 4. The van der Waals surface area contributed by atoms with Gasteiger partial charge in [-0.15, -0.1) is 12.4 Å². The molecule has 114 valence electrons. The molecular weight excluding hydrogens is 283 g/mol. The molecule has 1 atom stereocenters. The molecule has 1 aromatic carbocycles. The Morgan fingerprint density at radius 2 is 2.10 bits per heavy atom. The van der Waals surface area contributed by atoms with Crippen LogP contribution in [0.4, 0.5) is 4.39 Å². The molecule has 6 heteroatoms. The smallest absolute Gasteiger partial charge is 0.162 e. The Balaban J connectivity index is 0.00000200. The van der Waals surface area contributed by atoms with Crippen molar-refractivity contribution in [2.75, 3.05) is 40.0 Å². The third-order valence-electron chi connectivity index (χ3n) is 3.58. The van der Waals surface area contributed by atoms with E-state index in [0.29, 0.717) is 12.2 Å². The number of para-hydroxylation sites is 1. The minimum atomic E-state index is -0.398. The highest BCUT2D eigenvalue weighted by Gasteiger charge is 2.25. The number of nitrogens with one attached hydrogen (secondary N) is 1. The lowest BCUT2D eigenvalue weighted by molar-refractivity contribution is 0.154. The molecule has 1 heterocycles. The highest BCUT2D eigenvalue weighted by atomic mass is 35.5. The van der Waals surface area contributed by atoms with Gasteiger partial charge in [-0.25, -0.2) is 0 Å². The lowest BCUT2D eigenvalue weighted by Crippen LogP contribution is -2.45. The molecule has 1 fully saturated rings. The van der Waals surface area contributed by atoms with Gasteiger partial charge in [-0.1, -0.05) is 12.1 Å². The number of methoxy groups -OCH3 is 1. The maximum Gasteiger partial charge on any atom is 0.162 e. The molecular formula is C14H22ClFN2O2. The number of phenols is 1. The van der Waals surface area contributed by atoms with Crippen molar-refractivity contribution >= 4 is 12.4 Å². The fraction of sp³-hybridized carbons (Fsp3) is 0.571. The summed E-state index contributed by atoms with van der Waals surface area (Å²) < 4.78 is 18.0. The molecule has 0 unspecified atom stereocenters. The number of piperazine rings is 1. The van der Waals surface area contributed by atoms with Crippen LogP contribution in [0.3, 0.4) is 0 Å². The van der Waals surface area contributed by atoms with Crippen LogP contribution in [0, 0.1) is 0 Å². The van der Waals surface area contributed by atoms with E-state index in [4.69, 9.17) is 4.74 Å². The van der Waals surface area contributed by atoms with Gasteiger partial charge in [0.15, 0.2) is 11.5 Å². The first-order chi connectivity index (χ1) is 9.27. The number of rotatable bonds is 5. The molecule has 1 aromatic rings. The van der Waals surface area contributed by atoms with E-state index in [1.54, 1.807) is 6.07 Å². The number of benzene rings is 1. The van der Waals surface area contributed by atoms with E-state index in [9.17, 15) is 9.50 Å². The molecule has 0 bridgehead atoms. The minimum Gasteiger partial charge on any atom is -0.504 e. The van der Waals surface area contributed by atoms with Crippen LogP contribution in [0.2, 0.25) is 0 Å². The Kier molecular flexibility index (Phi) is 7.05. The molecule has 1 aliphatic rings. The second-order valence-corrected chi connectivity index (χ2v) is 4.68. The van der Waals surface area contributed by atoms with Crippen LogP contribution in [0.1, 0.15) is 18.0 Å². The molecule has 20 heavy (non-hydrogen) atoms. The van der Waals surface area contributed by atoms with Crippen LogP contribution in [-0.2, 0) is 0 Å². The molecule has 0 aliphatic carbocycles. The van der Waals surface area contributed by atoms with Gasteiger partial charge in [-0.2, -0.15) is 0 Å². The van der Waals surface area contributed by atoms with Crippen LogP contribution in [-0.4, -0.2) is 50.0 Å². The molecule has 0 saturated carbocycles. The molecule has 4 nitrogen and oxygen atoms in total. The fourth-order valence-electron chi connectivity index (χ4n) is 2.60. The van der Waals surface area contributed by atoms with Crippen molar-refractivity contribution in [2.45, 2.75) is 12.5 Å². The quantitative estimate of drug-likeness (QED) is 0.875. The van der Waals surface area contributed by atoms with E-state index in [-0.39, 0.29) is 24.2 Å². The number of nitrogens with zero attached hydrogens (tertiary/aromatic N) is 1. The second-order valence-electron chi connectivity index (χ2n) is 4.68. The highest BCUT2D eigenvalue weighted by Crippen LogP contribution is 2.37. The number of ether oxygens (including phenoxy) is 1. The van der Waals surface area contributed by atoms with Gasteiger partial charge in [-0.3, -0.25) is 9.29 Å². The summed E-state index contributed by atoms with van der Waals surface area (Å²) in [5.74, 6) is 0.568. The largest absolute Gasteiger partial charge is 0.504 e. The molecule has 2 rings (SSSR count). The van der Waals surface area contributed by atoms with Gasteiger partial charge in [0.2, 0.25) is 0 Å². The molecule has 2 N–H and O–H groups in total. The zero-order valence-electron chi connectivity index (χ0n) is 11.6. The van der Waals surface area contributed by atoms with Crippen molar-refractivity contribution in [3.8, 4) is 11.5 Å². The Morgan fingerprint density at radius 3 is 2.70 bits per heavy atom. The van der Waals surface area contributed by atoms with Crippen molar-refractivity contribution < 1.29 is 14.2 Å². The first-order valence-corrected chi connectivity index (χ1v) is 6.64. The number of halogens is 2. The standard InChI is InChI=1S/C14H21FN2O2.ClH/c1-19-13-4-2-3-11(14(13)18)12(5-6-15)17-9-7-16-8-10-17;/h2-4,12,16,18H,5-10H2,1H3;1H/t12-;/m0./s1. The van der Waals surface area contributed by atoms with E-state index in [2.05, 4.69) is 10.2 Å². The summed E-state index contributed by atoms with van der Waals surface area (Å²) in [6.07, 6.45) is 0.390. The van der Waals surface area contributed by atoms with Crippen molar-refractivity contribution in [3.05, 3.63) is 23.8 Å². The maximum atomic E-state index is 12.8. The third kappa shape index (κ3) is 3.75. The first-order valence-electron chi connectivity index (χ1n) is 6.64. The summed E-state index contributed by atoms with van der Waals surface area (Å²) in [5.41, 5.74) is 0.749. The lowest BCUT2D eigenvalue weighted by atomic mass is 10.00. The van der Waals surface area contributed by atoms with Crippen molar-refractivity contribution in [2.24, 2.45) is 0 Å². The lowest BCUT2D eigenvalue weighted by Gasteiger charge is -2.35. The highest BCUT2D eigenvalue weighted by molar-refractivity contribution is 5.85. The van der Waals surface area contributed by atoms with Gasteiger partial charge in [0.05, 0.1) is 13.8 Å². The average Bonchev–Trinajstić information content (AvgIpc) is 2.46. The predicted molar refractivity (Wildman–Crippen MR) is 79.7 cm³/mol. The van der Waals surface area contributed by atoms with E-state index in [1.165, 1.54) is 7.11 Å². The second kappa shape index (κ2) is 8.29. The Hall–Kier alpha value is -1.04. The number of hydrogen-bond donors (Lipinski definition) is 2. The third-order valence-corrected chi connectivity index (χ3v) is 3.58. The minimum absolute atomic E-state index is 0. The predicted octanol–water partition coefficient (Wildman–Crippen LogP) is 2.13. The van der Waals surface area contributed by atoms with Gasteiger partial charge < -0.3 is 15.2 Å². The molecule has 0 spiro atoms. The Bertz CT molecular complexity index is 414. The summed E-state index contributed by atoms with van der Waals surface area (Å²) in [5, 5.41) is 13.5. The Labute approximate surface area is 125 Å². The van der Waals surface area contributed by atoms with Crippen molar-refractivity contribution in [1.82, 2.24) is 10.2 Å². The topological polar surface area (TPSA) is 44.7 Å². The summed E-state index contributed by atoms with van der Waals surface area (Å²) in [7, 11) is 1.52. The van der Waals surface area contributed by atoms with E-state index in [1.807, 2.05) is 12.1 Å². The molecule has 0 amide bonds. The Morgan fingerprint density at radius 1 is 1.40 bits per heavy atom. The van der Waals surface area contributed by atoms with Gasteiger partial charge in [0.1, 0.15) is 0 Å². The maximum absolute atomic E-state index is 12.8. The SMILES string of the molecule is COc1cccc([C@H](CCF)N2CCNCC2)c1O.Cl. The molecule has 0 radical (unpaired) electrons. The van der Waals surface area contributed by atoms with E-state index in [0.717, 1.165) is 31.7 Å². The normalized spacial score (nSPS) is 17.3. The van der Waals surface area contributed by atoms with Gasteiger partial charge in [-0.05, 0) is 12.5 Å².